The molecule has 3 aromatic carbocycles. The minimum absolute atomic E-state index is 0.0900. The summed E-state index contributed by atoms with van der Waals surface area (Å²) >= 11 is 0. The van der Waals surface area contributed by atoms with Gasteiger partial charge in [-0.05, 0) is 46.4 Å². The lowest BCUT2D eigenvalue weighted by Gasteiger charge is -2.26. The van der Waals surface area contributed by atoms with E-state index in [1.807, 2.05) is 60.7 Å². The van der Waals surface area contributed by atoms with Crippen LogP contribution in [0.2, 0.25) is 0 Å². The number of benzene rings is 3. The molecule has 1 saturated heterocycles. The van der Waals surface area contributed by atoms with Crippen molar-refractivity contribution in [2.24, 2.45) is 0 Å². The third-order valence-corrected chi connectivity index (χ3v) is 7.29. The van der Waals surface area contributed by atoms with Gasteiger partial charge in [-0.3, -0.25) is 4.90 Å². The summed E-state index contributed by atoms with van der Waals surface area (Å²) in [5.74, 6) is -0.475. The lowest BCUT2D eigenvalue weighted by Crippen LogP contribution is -2.42. The normalized spacial score (nSPS) is 15.7. The lowest BCUT2D eigenvalue weighted by atomic mass is 9.98. The molecule has 8 heteroatoms. The van der Waals surface area contributed by atoms with Crippen LogP contribution in [-0.2, 0) is 20.7 Å². The molecule has 39 heavy (non-hydrogen) atoms. The third kappa shape index (κ3) is 6.77. The van der Waals surface area contributed by atoms with Crippen molar-refractivity contribution in [3.63, 3.8) is 0 Å². The Labute approximate surface area is 228 Å². The van der Waals surface area contributed by atoms with Gasteiger partial charge in [0.05, 0.1) is 19.8 Å². The van der Waals surface area contributed by atoms with Crippen LogP contribution in [0.4, 0.5) is 4.79 Å². The number of alkyl carbamates (subject to hydrolysis) is 1. The van der Waals surface area contributed by atoms with Gasteiger partial charge in [0.2, 0.25) is 0 Å². The highest BCUT2D eigenvalue weighted by molar-refractivity contribution is 5.81. The minimum Gasteiger partial charge on any atom is -0.494 e. The number of aliphatic carboxylic acids is 1. The van der Waals surface area contributed by atoms with Crippen LogP contribution in [-0.4, -0.2) is 74.2 Å². The van der Waals surface area contributed by atoms with Gasteiger partial charge in [-0.2, -0.15) is 0 Å². The molecule has 1 aliphatic carbocycles. The number of amides is 1. The highest BCUT2D eigenvalue weighted by Gasteiger charge is 2.29. The van der Waals surface area contributed by atoms with Crippen LogP contribution in [0.5, 0.6) is 5.75 Å². The van der Waals surface area contributed by atoms with Crippen molar-refractivity contribution >= 4 is 12.1 Å². The fourth-order valence-electron chi connectivity index (χ4n) is 5.24. The molecule has 2 aliphatic rings. The number of carbonyl (C=O) groups excluding carboxylic acids is 1. The Morgan fingerprint density at radius 2 is 1.59 bits per heavy atom. The Balaban J connectivity index is 1.10. The van der Waals surface area contributed by atoms with Crippen molar-refractivity contribution in [3.8, 4) is 16.9 Å². The molecule has 0 radical (unpaired) electrons. The van der Waals surface area contributed by atoms with Crippen LogP contribution in [0.1, 0.15) is 29.0 Å². The number of nitrogens with one attached hydrogen (secondary N) is 1. The van der Waals surface area contributed by atoms with Crippen molar-refractivity contribution in [1.82, 2.24) is 10.2 Å². The summed E-state index contributed by atoms with van der Waals surface area (Å²) in [6, 6.07) is 22.3. The maximum Gasteiger partial charge on any atom is 0.407 e. The third-order valence-electron chi connectivity index (χ3n) is 7.29. The van der Waals surface area contributed by atoms with E-state index in [9.17, 15) is 14.7 Å². The highest BCUT2D eigenvalue weighted by atomic mass is 16.5. The Morgan fingerprint density at radius 3 is 2.23 bits per heavy atom. The second-order valence-corrected chi connectivity index (χ2v) is 9.86. The summed E-state index contributed by atoms with van der Waals surface area (Å²) in [5.41, 5.74) is 5.25. The SMILES string of the molecule is O=C(NC(Cc1ccc(OCCCN2CCOCC2)cc1)C(=O)O)OCC1c2ccccc2-c2ccccc21. The van der Waals surface area contributed by atoms with Crippen LogP contribution in [0.15, 0.2) is 72.8 Å². The van der Waals surface area contributed by atoms with Gasteiger partial charge in [-0.15, -0.1) is 0 Å². The van der Waals surface area contributed by atoms with Crippen LogP contribution in [0.3, 0.4) is 0 Å². The maximum absolute atomic E-state index is 12.6. The lowest BCUT2D eigenvalue weighted by molar-refractivity contribution is -0.139. The predicted molar refractivity (Wildman–Crippen MR) is 147 cm³/mol. The van der Waals surface area contributed by atoms with Crippen molar-refractivity contribution in [2.75, 3.05) is 46.1 Å². The topological polar surface area (TPSA) is 97.3 Å². The first-order valence-electron chi connectivity index (χ1n) is 13.4. The van der Waals surface area contributed by atoms with Gasteiger partial charge in [0.15, 0.2) is 0 Å². The Bertz CT molecular complexity index is 1230. The van der Waals surface area contributed by atoms with Crippen LogP contribution < -0.4 is 10.1 Å². The van der Waals surface area contributed by atoms with E-state index in [4.69, 9.17) is 14.2 Å². The molecule has 1 amide bonds. The molecule has 2 N–H and O–H groups in total. The molecule has 1 aliphatic heterocycles. The van der Waals surface area contributed by atoms with Gasteiger partial charge < -0.3 is 24.6 Å². The minimum atomic E-state index is -1.12. The quantitative estimate of drug-likeness (QED) is 0.356. The zero-order valence-corrected chi connectivity index (χ0v) is 21.9. The van der Waals surface area contributed by atoms with Crippen LogP contribution in [0, 0.1) is 0 Å². The molecule has 1 heterocycles. The smallest absolute Gasteiger partial charge is 0.407 e. The average molecular weight is 531 g/mol. The number of hydrogen-bond donors (Lipinski definition) is 2. The van der Waals surface area contributed by atoms with Crippen LogP contribution in [0.25, 0.3) is 11.1 Å². The number of carboxylic acids is 1. The summed E-state index contributed by atoms with van der Waals surface area (Å²) in [7, 11) is 0. The fourth-order valence-corrected chi connectivity index (χ4v) is 5.24. The number of carboxylic acid groups (broad SMARTS) is 1. The zero-order chi connectivity index (χ0) is 27.0. The Morgan fingerprint density at radius 1 is 0.949 bits per heavy atom. The molecular formula is C31H34N2O6. The van der Waals surface area contributed by atoms with Gasteiger partial charge in [-0.25, -0.2) is 9.59 Å². The van der Waals surface area contributed by atoms with E-state index in [0.717, 1.165) is 72.8 Å². The Hall–Kier alpha value is -3.88. The summed E-state index contributed by atoms with van der Waals surface area (Å²) in [4.78, 5) is 26.9. The molecule has 0 spiro atoms. The first kappa shape index (κ1) is 26.7. The number of morpholine rings is 1. The van der Waals surface area contributed by atoms with E-state index >= 15 is 0 Å². The molecule has 0 saturated carbocycles. The summed E-state index contributed by atoms with van der Waals surface area (Å²) in [6.45, 7) is 5.21. The number of ether oxygens (including phenoxy) is 3. The molecule has 3 aromatic rings. The second kappa shape index (κ2) is 12.8. The molecular weight excluding hydrogens is 496 g/mol. The first-order valence-corrected chi connectivity index (χ1v) is 13.4. The highest BCUT2D eigenvalue weighted by Crippen LogP contribution is 2.44. The average Bonchev–Trinajstić information content (AvgIpc) is 3.29. The van der Waals surface area contributed by atoms with E-state index in [-0.39, 0.29) is 18.9 Å². The van der Waals surface area contributed by atoms with E-state index < -0.39 is 18.1 Å². The Kier molecular flexibility index (Phi) is 8.75. The number of hydrogen-bond acceptors (Lipinski definition) is 6. The van der Waals surface area contributed by atoms with E-state index in [1.54, 1.807) is 0 Å². The zero-order valence-electron chi connectivity index (χ0n) is 21.9. The van der Waals surface area contributed by atoms with E-state index in [2.05, 4.69) is 22.3 Å². The fraction of sp³-hybridized carbons (Fsp3) is 0.355. The second-order valence-electron chi connectivity index (χ2n) is 9.86. The molecule has 1 fully saturated rings. The van der Waals surface area contributed by atoms with Gasteiger partial charge in [-0.1, -0.05) is 60.7 Å². The van der Waals surface area contributed by atoms with Gasteiger partial charge in [0.25, 0.3) is 0 Å². The number of nitrogens with zero attached hydrogens (tertiary/aromatic N) is 1. The maximum atomic E-state index is 12.6. The molecule has 0 aromatic heterocycles. The molecule has 1 atom stereocenters. The monoisotopic (exact) mass is 530 g/mol. The molecule has 8 nitrogen and oxygen atoms in total. The summed E-state index contributed by atoms with van der Waals surface area (Å²) in [6.07, 6.45) is 0.313. The van der Waals surface area contributed by atoms with Crippen molar-refractivity contribution < 1.29 is 28.9 Å². The van der Waals surface area contributed by atoms with Gasteiger partial charge >= 0.3 is 12.1 Å². The van der Waals surface area contributed by atoms with Gasteiger partial charge in [0, 0.05) is 32.0 Å². The number of carbonyl (C=O) groups is 2. The van der Waals surface area contributed by atoms with E-state index in [1.165, 1.54) is 0 Å². The first-order chi connectivity index (χ1) is 19.1. The number of rotatable bonds is 11. The van der Waals surface area contributed by atoms with Gasteiger partial charge in [0.1, 0.15) is 18.4 Å². The van der Waals surface area contributed by atoms with E-state index in [0.29, 0.717) is 6.61 Å². The van der Waals surface area contributed by atoms with Crippen molar-refractivity contribution in [2.45, 2.75) is 24.8 Å². The van der Waals surface area contributed by atoms with Crippen LogP contribution >= 0.6 is 0 Å². The van der Waals surface area contributed by atoms with Crippen molar-refractivity contribution in [3.05, 3.63) is 89.5 Å². The standard InChI is InChI=1S/C31H34N2O6/c34-30(35)29(20-22-10-12-23(13-11-22)38-17-5-14-33-15-18-37-19-16-33)32-31(36)39-21-28-26-8-3-1-6-24(26)25-7-2-4-9-27(25)28/h1-4,6-13,28-29H,5,14-21H2,(H,32,36)(H,34,35). The molecule has 5 rings (SSSR count). The molecule has 0 bridgehead atoms. The molecule has 204 valence electrons. The van der Waals surface area contributed by atoms with Crippen molar-refractivity contribution in [1.29, 1.82) is 0 Å². The largest absolute Gasteiger partial charge is 0.494 e. The number of fused-ring (bicyclic) bond motifs is 3. The predicted octanol–water partition coefficient (Wildman–Crippen LogP) is 4.32. The summed E-state index contributed by atoms with van der Waals surface area (Å²) < 4.78 is 16.7. The summed E-state index contributed by atoms with van der Waals surface area (Å²) in [5, 5.41) is 12.2. The molecule has 1 unspecified atom stereocenters.